The van der Waals surface area contributed by atoms with Crippen molar-refractivity contribution in [2.75, 3.05) is 19.6 Å². The highest BCUT2D eigenvalue weighted by molar-refractivity contribution is 5.86. The highest BCUT2D eigenvalue weighted by Gasteiger charge is 2.44. The largest absolute Gasteiger partial charge is 0.449 e. The Bertz CT molecular complexity index is 399. The molecule has 4 heteroatoms. The second kappa shape index (κ2) is 5.76. The molecule has 20 heavy (non-hydrogen) atoms. The van der Waals surface area contributed by atoms with Gasteiger partial charge >= 0.3 is 5.97 Å². The molecule has 2 aliphatic heterocycles. The molecule has 0 aromatic rings. The molecular formula is C16H26N2O2. The molecule has 0 aromatic heterocycles. The summed E-state index contributed by atoms with van der Waals surface area (Å²) in [5.41, 5.74) is 0.745. The summed E-state index contributed by atoms with van der Waals surface area (Å²) in [4.78, 5) is 14.2. The molecule has 0 bridgehead atoms. The highest BCUT2D eigenvalue weighted by Crippen LogP contribution is 2.40. The lowest BCUT2D eigenvalue weighted by molar-refractivity contribution is -0.148. The second-order valence-electron chi connectivity index (χ2n) is 6.41. The van der Waals surface area contributed by atoms with Gasteiger partial charge in [0.2, 0.25) is 0 Å². The van der Waals surface area contributed by atoms with Crippen LogP contribution in [0.2, 0.25) is 0 Å². The summed E-state index contributed by atoms with van der Waals surface area (Å²) >= 11 is 0. The van der Waals surface area contributed by atoms with Crippen LogP contribution >= 0.6 is 0 Å². The maximum Gasteiger partial charge on any atom is 0.333 e. The third-order valence-electron chi connectivity index (χ3n) is 5.02. The van der Waals surface area contributed by atoms with Gasteiger partial charge in [0.15, 0.2) is 5.60 Å². The van der Waals surface area contributed by atoms with Crippen LogP contribution < -0.4 is 5.32 Å². The van der Waals surface area contributed by atoms with Crippen molar-refractivity contribution in [3.63, 3.8) is 0 Å². The number of likely N-dealkylation sites (tertiary alicyclic amines) is 1. The zero-order chi connectivity index (χ0) is 14.0. The van der Waals surface area contributed by atoms with Crippen LogP contribution in [0.5, 0.6) is 0 Å². The fraction of sp³-hybridized carbons (Fsp3) is 0.812. The number of hydrogen-bond acceptors (Lipinski definition) is 4. The number of rotatable bonds is 3. The monoisotopic (exact) mass is 278 g/mol. The third kappa shape index (κ3) is 2.71. The second-order valence-corrected chi connectivity index (χ2v) is 6.41. The molecule has 1 saturated carbocycles. The molecule has 4 nitrogen and oxygen atoms in total. The van der Waals surface area contributed by atoms with Gasteiger partial charge in [0, 0.05) is 18.7 Å². The van der Waals surface area contributed by atoms with E-state index in [9.17, 15) is 4.79 Å². The van der Waals surface area contributed by atoms with E-state index in [1.54, 1.807) is 6.08 Å². The van der Waals surface area contributed by atoms with Gasteiger partial charge in [-0.1, -0.05) is 13.3 Å². The Morgan fingerprint density at radius 3 is 2.90 bits per heavy atom. The van der Waals surface area contributed by atoms with E-state index in [0.29, 0.717) is 6.04 Å². The molecule has 1 unspecified atom stereocenters. The first kappa shape index (κ1) is 13.9. The van der Waals surface area contributed by atoms with Gasteiger partial charge in [0.25, 0.3) is 0 Å². The number of nitrogens with zero attached hydrogens (tertiary/aromatic N) is 1. The standard InChI is InChI=1S/C16H26N2O2/c1-2-18-10-6-7-13(12-18)17-14-11-15(19)20-16(14)8-4-3-5-9-16/h11,13,17H,2-10,12H2,1H3. The van der Waals surface area contributed by atoms with Crippen LogP contribution in [0.3, 0.4) is 0 Å². The van der Waals surface area contributed by atoms with Crippen LogP contribution in [-0.2, 0) is 9.53 Å². The predicted octanol–water partition coefficient (Wildman–Crippen LogP) is 2.20. The lowest BCUT2D eigenvalue weighted by Gasteiger charge is -2.39. The van der Waals surface area contributed by atoms with Crippen molar-refractivity contribution in [2.24, 2.45) is 0 Å². The maximum atomic E-state index is 11.7. The molecule has 3 rings (SSSR count). The number of piperidine rings is 1. The van der Waals surface area contributed by atoms with Crippen molar-refractivity contribution in [3.8, 4) is 0 Å². The van der Waals surface area contributed by atoms with Gasteiger partial charge < -0.3 is 15.0 Å². The van der Waals surface area contributed by atoms with Crippen molar-refractivity contribution >= 4 is 5.97 Å². The quantitative estimate of drug-likeness (QED) is 0.804. The fourth-order valence-electron chi connectivity index (χ4n) is 3.87. The van der Waals surface area contributed by atoms with Crippen LogP contribution in [0.15, 0.2) is 11.8 Å². The van der Waals surface area contributed by atoms with Crippen LogP contribution in [-0.4, -0.2) is 42.1 Å². The molecule has 0 radical (unpaired) electrons. The Balaban J connectivity index is 1.68. The Morgan fingerprint density at radius 2 is 2.15 bits per heavy atom. The van der Waals surface area contributed by atoms with Gasteiger partial charge in [-0.25, -0.2) is 4.79 Å². The van der Waals surface area contributed by atoms with Gasteiger partial charge in [-0.3, -0.25) is 0 Å². The average molecular weight is 278 g/mol. The molecule has 1 N–H and O–H groups in total. The fourth-order valence-corrected chi connectivity index (χ4v) is 3.87. The number of nitrogens with one attached hydrogen (secondary N) is 1. The lowest BCUT2D eigenvalue weighted by atomic mass is 9.82. The summed E-state index contributed by atoms with van der Waals surface area (Å²) in [6, 6.07) is 0.461. The van der Waals surface area contributed by atoms with E-state index in [1.165, 1.54) is 25.8 Å². The Labute approximate surface area is 121 Å². The molecule has 2 heterocycles. The molecule has 1 atom stereocenters. The molecule has 2 fully saturated rings. The number of carbonyl (C=O) groups is 1. The van der Waals surface area contributed by atoms with Crippen LogP contribution in [0, 0.1) is 0 Å². The first-order valence-corrected chi connectivity index (χ1v) is 8.16. The molecule has 1 spiro atoms. The van der Waals surface area contributed by atoms with Crippen molar-refractivity contribution in [2.45, 2.75) is 63.5 Å². The zero-order valence-corrected chi connectivity index (χ0v) is 12.5. The van der Waals surface area contributed by atoms with Crippen molar-refractivity contribution in [1.29, 1.82) is 0 Å². The van der Waals surface area contributed by atoms with Crippen LogP contribution in [0.4, 0.5) is 0 Å². The van der Waals surface area contributed by atoms with Crippen molar-refractivity contribution in [3.05, 3.63) is 11.8 Å². The van der Waals surface area contributed by atoms with Gasteiger partial charge in [-0.2, -0.15) is 0 Å². The predicted molar refractivity (Wildman–Crippen MR) is 78.3 cm³/mol. The van der Waals surface area contributed by atoms with E-state index in [4.69, 9.17) is 4.74 Å². The summed E-state index contributed by atoms with van der Waals surface area (Å²) in [7, 11) is 0. The molecule has 0 aromatic carbocycles. The van der Waals surface area contributed by atoms with Gasteiger partial charge in [0.05, 0.1) is 5.70 Å². The minimum atomic E-state index is -0.316. The van der Waals surface area contributed by atoms with Crippen molar-refractivity contribution in [1.82, 2.24) is 10.2 Å². The van der Waals surface area contributed by atoms with E-state index < -0.39 is 0 Å². The molecule has 3 aliphatic rings. The average Bonchev–Trinajstić information content (AvgIpc) is 2.75. The SMILES string of the molecule is CCN1CCCC(NC2=CC(=O)OC23CCCCC3)C1. The third-order valence-corrected chi connectivity index (χ3v) is 5.02. The normalized spacial score (nSPS) is 30.1. The number of carbonyl (C=O) groups excluding carboxylic acids is 1. The lowest BCUT2D eigenvalue weighted by Crippen LogP contribution is -2.49. The van der Waals surface area contributed by atoms with Crippen LogP contribution in [0.25, 0.3) is 0 Å². The van der Waals surface area contributed by atoms with Gasteiger partial charge in [-0.15, -0.1) is 0 Å². The molecule has 1 aliphatic carbocycles. The Kier molecular flexibility index (Phi) is 4.01. The Morgan fingerprint density at radius 1 is 1.35 bits per heavy atom. The van der Waals surface area contributed by atoms with E-state index in [2.05, 4.69) is 17.1 Å². The smallest absolute Gasteiger partial charge is 0.333 e. The maximum absolute atomic E-state index is 11.7. The van der Waals surface area contributed by atoms with E-state index in [1.807, 2.05) is 0 Å². The summed E-state index contributed by atoms with van der Waals surface area (Å²) in [6.07, 6.45) is 9.70. The zero-order valence-electron chi connectivity index (χ0n) is 12.5. The number of hydrogen-bond donors (Lipinski definition) is 1. The number of likely N-dealkylation sites (N-methyl/N-ethyl adjacent to an activating group) is 1. The summed E-state index contributed by atoms with van der Waals surface area (Å²) < 4.78 is 5.69. The van der Waals surface area contributed by atoms with E-state index in [0.717, 1.165) is 44.5 Å². The van der Waals surface area contributed by atoms with E-state index >= 15 is 0 Å². The van der Waals surface area contributed by atoms with Crippen molar-refractivity contribution < 1.29 is 9.53 Å². The van der Waals surface area contributed by atoms with Gasteiger partial charge in [-0.05, 0) is 51.6 Å². The highest BCUT2D eigenvalue weighted by atomic mass is 16.6. The van der Waals surface area contributed by atoms with Crippen LogP contribution in [0.1, 0.15) is 51.9 Å². The summed E-state index contributed by atoms with van der Waals surface area (Å²) in [5, 5.41) is 3.65. The first-order valence-electron chi connectivity index (χ1n) is 8.16. The minimum Gasteiger partial charge on any atom is -0.449 e. The Hall–Kier alpha value is -1.03. The first-order chi connectivity index (χ1) is 9.72. The number of esters is 1. The van der Waals surface area contributed by atoms with Gasteiger partial charge in [0.1, 0.15) is 0 Å². The number of ether oxygens (including phenoxy) is 1. The molecule has 112 valence electrons. The van der Waals surface area contributed by atoms with E-state index in [-0.39, 0.29) is 11.6 Å². The molecular weight excluding hydrogens is 252 g/mol. The summed E-state index contributed by atoms with van der Waals surface area (Å²) in [6.45, 7) is 5.61. The minimum absolute atomic E-state index is 0.155. The topological polar surface area (TPSA) is 41.6 Å². The summed E-state index contributed by atoms with van der Waals surface area (Å²) in [5.74, 6) is -0.155. The molecule has 1 saturated heterocycles. The molecule has 0 amide bonds.